The zero-order valence-corrected chi connectivity index (χ0v) is 16.4. The number of aromatic nitrogens is 1. The number of nitrogens with zero attached hydrogens (tertiary/aromatic N) is 3. The van der Waals surface area contributed by atoms with Crippen molar-refractivity contribution in [2.24, 2.45) is 4.99 Å². The Hall–Kier alpha value is -4.00. The number of hydrogen-bond acceptors (Lipinski definition) is 5. The van der Waals surface area contributed by atoms with Crippen molar-refractivity contribution in [2.45, 2.75) is 6.42 Å². The van der Waals surface area contributed by atoms with Gasteiger partial charge in [-0.1, -0.05) is 30.3 Å². The van der Waals surface area contributed by atoms with Gasteiger partial charge < -0.3 is 10.1 Å². The first-order chi connectivity index (χ1) is 14.6. The van der Waals surface area contributed by atoms with E-state index in [2.05, 4.69) is 15.3 Å². The topological polar surface area (TPSA) is 83.9 Å². The number of fused-ring (bicyclic) bond motifs is 1. The predicted octanol–water partition coefficient (Wildman–Crippen LogP) is 3.59. The number of nitrogens with one attached hydrogen (secondary N) is 1. The summed E-state index contributed by atoms with van der Waals surface area (Å²) in [5.74, 6) is 0.505. The summed E-state index contributed by atoms with van der Waals surface area (Å²) in [6, 6.07) is 20.1. The quantitative estimate of drug-likeness (QED) is 0.709. The number of hydrogen-bond donors (Lipinski definition) is 1. The maximum atomic E-state index is 13.0. The molecule has 0 fully saturated rings. The van der Waals surface area contributed by atoms with Crippen LogP contribution in [-0.4, -0.2) is 36.2 Å². The Labute approximate surface area is 174 Å². The average molecular weight is 400 g/mol. The van der Waals surface area contributed by atoms with Gasteiger partial charge in [-0.25, -0.2) is 9.98 Å². The summed E-state index contributed by atoms with van der Waals surface area (Å²) >= 11 is 0. The number of aliphatic imine (C=N–C) groups is 1. The number of carbonyl (C=O) groups excluding carboxylic acids is 2. The van der Waals surface area contributed by atoms with Gasteiger partial charge in [0.05, 0.1) is 19.2 Å². The zero-order valence-electron chi connectivity index (χ0n) is 16.4. The Morgan fingerprint density at radius 3 is 2.57 bits per heavy atom. The molecule has 0 spiro atoms. The third-order valence-corrected chi connectivity index (χ3v) is 4.68. The molecule has 2 aromatic carbocycles. The van der Waals surface area contributed by atoms with E-state index in [1.54, 1.807) is 49.7 Å². The van der Waals surface area contributed by atoms with Crippen molar-refractivity contribution in [1.82, 2.24) is 4.98 Å². The van der Waals surface area contributed by atoms with Crippen molar-refractivity contribution in [3.63, 3.8) is 0 Å². The van der Waals surface area contributed by atoms with Crippen LogP contribution in [0.15, 0.2) is 77.9 Å². The summed E-state index contributed by atoms with van der Waals surface area (Å²) in [6.07, 6.45) is 1.67. The first-order valence-electron chi connectivity index (χ1n) is 9.46. The molecule has 1 aliphatic heterocycles. The molecule has 7 heteroatoms. The fourth-order valence-corrected chi connectivity index (χ4v) is 3.20. The van der Waals surface area contributed by atoms with Crippen LogP contribution < -0.4 is 15.0 Å². The zero-order chi connectivity index (χ0) is 20.9. The fraction of sp³-hybridized carbons (Fsp3) is 0.130. The smallest absolute Gasteiger partial charge is 0.244 e. The molecule has 2 amide bonds. The molecule has 30 heavy (non-hydrogen) atoms. The van der Waals surface area contributed by atoms with Crippen LogP contribution in [0.25, 0.3) is 0 Å². The first-order valence-corrected chi connectivity index (χ1v) is 9.46. The van der Waals surface area contributed by atoms with Crippen LogP contribution in [0, 0.1) is 0 Å². The number of pyridine rings is 1. The minimum absolute atomic E-state index is 0.0796. The van der Waals surface area contributed by atoms with Crippen LogP contribution in [0.5, 0.6) is 5.75 Å². The second-order valence-electron chi connectivity index (χ2n) is 6.70. The summed E-state index contributed by atoms with van der Waals surface area (Å²) in [4.78, 5) is 36.1. The third-order valence-electron chi connectivity index (χ3n) is 4.68. The molecule has 0 saturated carbocycles. The molecule has 1 aliphatic rings. The first kappa shape index (κ1) is 19.3. The molecule has 150 valence electrons. The molecular formula is C23H20N4O3. The van der Waals surface area contributed by atoms with Crippen LogP contribution >= 0.6 is 0 Å². The van der Waals surface area contributed by atoms with Crippen molar-refractivity contribution >= 4 is 34.7 Å². The lowest BCUT2D eigenvalue weighted by molar-refractivity contribution is -0.120. The van der Waals surface area contributed by atoms with Gasteiger partial charge >= 0.3 is 0 Å². The second-order valence-corrected chi connectivity index (χ2v) is 6.70. The van der Waals surface area contributed by atoms with Gasteiger partial charge in [0.1, 0.15) is 18.0 Å². The lowest BCUT2D eigenvalue weighted by Crippen LogP contribution is -2.38. The molecule has 4 rings (SSSR count). The fourth-order valence-electron chi connectivity index (χ4n) is 3.20. The molecule has 2 heterocycles. The largest absolute Gasteiger partial charge is 0.497 e. The molecular weight excluding hydrogens is 380 g/mol. The summed E-state index contributed by atoms with van der Waals surface area (Å²) < 4.78 is 5.12. The van der Waals surface area contributed by atoms with Gasteiger partial charge in [-0.2, -0.15) is 0 Å². The summed E-state index contributed by atoms with van der Waals surface area (Å²) in [5.41, 5.74) is 2.68. The monoisotopic (exact) mass is 400 g/mol. The Morgan fingerprint density at radius 2 is 1.83 bits per heavy atom. The summed E-state index contributed by atoms with van der Waals surface area (Å²) in [7, 11) is 1.58. The van der Waals surface area contributed by atoms with Gasteiger partial charge in [-0.05, 0) is 42.0 Å². The van der Waals surface area contributed by atoms with Crippen LogP contribution in [0.2, 0.25) is 0 Å². The number of benzene rings is 2. The maximum absolute atomic E-state index is 13.0. The van der Waals surface area contributed by atoms with E-state index < -0.39 is 0 Å². The molecule has 1 aromatic heterocycles. The molecule has 0 aliphatic carbocycles. The van der Waals surface area contributed by atoms with Crippen molar-refractivity contribution in [3.8, 4) is 5.75 Å². The Morgan fingerprint density at radius 1 is 1.07 bits per heavy atom. The van der Waals surface area contributed by atoms with E-state index in [0.29, 0.717) is 28.7 Å². The van der Waals surface area contributed by atoms with Crippen LogP contribution in [0.4, 0.5) is 17.2 Å². The van der Waals surface area contributed by atoms with Gasteiger partial charge in [0.2, 0.25) is 11.8 Å². The maximum Gasteiger partial charge on any atom is 0.244 e. The molecule has 3 aromatic rings. The average Bonchev–Trinajstić information content (AvgIpc) is 2.91. The standard InChI is InChI=1S/C23H20N4O3/c1-30-18-11-9-17(10-12-18)25-21(28)15-27-22(29)14-20(16-6-3-2-4-7-16)26-19-8-5-13-24-23(19)27/h2-13H,14-15H2,1H3,(H,25,28). The normalized spacial score (nSPS) is 13.2. The van der Waals surface area contributed by atoms with E-state index >= 15 is 0 Å². The lowest BCUT2D eigenvalue weighted by Gasteiger charge is -2.20. The van der Waals surface area contributed by atoms with E-state index in [0.717, 1.165) is 5.56 Å². The summed E-state index contributed by atoms with van der Waals surface area (Å²) in [5, 5.41) is 2.80. The van der Waals surface area contributed by atoms with E-state index in [1.807, 2.05) is 30.3 Å². The van der Waals surface area contributed by atoms with Crippen molar-refractivity contribution in [1.29, 1.82) is 0 Å². The number of anilines is 2. The van der Waals surface area contributed by atoms with Gasteiger partial charge in [-0.15, -0.1) is 0 Å². The molecule has 1 N–H and O–H groups in total. The number of carbonyl (C=O) groups is 2. The van der Waals surface area contributed by atoms with Gasteiger partial charge in [0, 0.05) is 11.9 Å². The number of methoxy groups -OCH3 is 1. The highest BCUT2D eigenvalue weighted by Gasteiger charge is 2.27. The van der Waals surface area contributed by atoms with E-state index in [1.165, 1.54) is 4.90 Å². The Kier molecular flexibility index (Phi) is 5.52. The molecule has 0 bridgehead atoms. The van der Waals surface area contributed by atoms with Crippen LogP contribution in [0.3, 0.4) is 0 Å². The Bertz CT molecular complexity index is 1090. The number of ether oxygens (including phenoxy) is 1. The molecule has 0 saturated heterocycles. The lowest BCUT2D eigenvalue weighted by atomic mass is 10.1. The molecule has 0 atom stereocenters. The van der Waals surface area contributed by atoms with Gasteiger partial charge in [0.15, 0.2) is 5.82 Å². The van der Waals surface area contributed by atoms with Crippen molar-refractivity contribution in [3.05, 3.63) is 78.5 Å². The predicted molar refractivity (Wildman–Crippen MR) is 115 cm³/mol. The van der Waals surface area contributed by atoms with E-state index in [4.69, 9.17) is 4.74 Å². The Balaban J connectivity index is 1.57. The van der Waals surface area contributed by atoms with Gasteiger partial charge in [-0.3, -0.25) is 14.5 Å². The molecule has 0 unspecified atom stereocenters. The van der Waals surface area contributed by atoms with Crippen molar-refractivity contribution in [2.75, 3.05) is 23.9 Å². The highest BCUT2D eigenvalue weighted by atomic mass is 16.5. The van der Waals surface area contributed by atoms with Gasteiger partial charge in [0.25, 0.3) is 0 Å². The molecule has 7 nitrogen and oxygen atoms in total. The van der Waals surface area contributed by atoms with E-state index in [-0.39, 0.29) is 24.8 Å². The van der Waals surface area contributed by atoms with Crippen LogP contribution in [0.1, 0.15) is 12.0 Å². The number of rotatable bonds is 5. The number of amides is 2. The molecule has 0 radical (unpaired) electrons. The van der Waals surface area contributed by atoms with Crippen LogP contribution in [-0.2, 0) is 9.59 Å². The van der Waals surface area contributed by atoms with Crippen molar-refractivity contribution < 1.29 is 14.3 Å². The SMILES string of the molecule is COc1ccc(NC(=O)CN2C(=O)CC(c3ccccc3)=Nc3cccnc32)cc1. The highest BCUT2D eigenvalue weighted by molar-refractivity contribution is 6.18. The highest BCUT2D eigenvalue weighted by Crippen LogP contribution is 2.30. The minimum Gasteiger partial charge on any atom is -0.497 e. The van der Waals surface area contributed by atoms with E-state index in [9.17, 15) is 9.59 Å². The third kappa shape index (κ3) is 4.20. The second kappa shape index (κ2) is 8.57. The summed E-state index contributed by atoms with van der Waals surface area (Å²) in [6.45, 7) is -0.160. The minimum atomic E-state index is -0.326.